The highest BCUT2D eigenvalue weighted by Crippen LogP contribution is 2.44. The molecule has 0 saturated heterocycles. The molecule has 2 heterocycles. The number of fused-ring (bicyclic) bond motifs is 3. The third kappa shape index (κ3) is 3.76. The predicted molar refractivity (Wildman–Crippen MR) is 114 cm³/mol. The van der Waals surface area contributed by atoms with Crippen LogP contribution in [0.4, 0.5) is 4.39 Å². The molecular formula is C25H25FN2O3. The monoisotopic (exact) mass is 420 g/mol. The third-order valence-electron chi connectivity index (χ3n) is 6.67. The Morgan fingerprint density at radius 3 is 2.68 bits per heavy atom. The van der Waals surface area contributed by atoms with E-state index in [0.29, 0.717) is 17.5 Å². The van der Waals surface area contributed by atoms with Gasteiger partial charge in [0.25, 0.3) is 0 Å². The van der Waals surface area contributed by atoms with Gasteiger partial charge in [-0.1, -0.05) is 30.3 Å². The number of hydrogen-bond acceptors (Lipinski definition) is 4. The molecule has 2 aliphatic rings. The standard InChI is InChI=1S/C25H25FN2O3/c26-20-8-4-7-19-22-14-27-15-28(22)21(24(19)20)13-23(29)16-9-11-18(12-10-16)31-25(30)17-5-2-1-3-6-17/h1-8,14-16,18,21,23,29H,9-13H2/t16?,18?,21-,23?/m0/s1. The Morgan fingerprint density at radius 2 is 1.90 bits per heavy atom. The first kappa shape index (κ1) is 19.9. The molecule has 31 heavy (non-hydrogen) atoms. The molecule has 5 rings (SSSR count). The van der Waals surface area contributed by atoms with Crippen LogP contribution in [-0.2, 0) is 4.74 Å². The van der Waals surface area contributed by atoms with Crippen LogP contribution in [0.5, 0.6) is 0 Å². The molecule has 1 unspecified atom stereocenters. The van der Waals surface area contributed by atoms with Crippen LogP contribution in [0, 0.1) is 11.7 Å². The molecular weight excluding hydrogens is 395 g/mol. The highest BCUT2D eigenvalue weighted by Gasteiger charge is 2.36. The number of ether oxygens (including phenoxy) is 1. The summed E-state index contributed by atoms with van der Waals surface area (Å²) < 4.78 is 22.2. The van der Waals surface area contributed by atoms with Gasteiger partial charge in [0.15, 0.2) is 0 Å². The predicted octanol–water partition coefficient (Wildman–Crippen LogP) is 4.76. The third-order valence-corrected chi connectivity index (χ3v) is 6.67. The number of nitrogens with zero attached hydrogens (tertiary/aromatic N) is 2. The Morgan fingerprint density at radius 1 is 1.13 bits per heavy atom. The highest BCUT2D eigenvalue weighted by molar-refractivity contribution is 5.89. The molecule has 0 spiro atoms. The van der Waals surface area contributed by atoms with E-state index in [4.69, 9.17) is 4.74 Å². The van der Waals surface area contributed by atoms with Gasteiger partial charge >= 0.3 is 5.97 Å². The van der Waals surface area contributed by atoms with Gasteiger partial charge < -0.3 is 14.4 Å². The quantitative estimate of drug-likeness (QED) is 0.605. The second-order valence-electron chi connectivity index (χ2n) is 8.51. The van der Waals surface area contributed by atoms with Gasteiger partial charge in [0.1, 0.15) is 11.9 Å². The fourth-order valence-corrected chi connectivity index (χ4v) is 5.04. The Balaban J connectivity index is 1.21. The fourth-order valence-electron chi connectivity index (χ4n) is 5.04. The summed E-state index contributed by atoms with van der Waals surface area (Å²) in [4.78, 5) is 16.5. The van der Waals surface area contributed by atoms with E-state index in [2.05, 4.69) is 4.98 Å². The van der Waals surface area contributed by atoms with E-state index < -0.39 is 6.10 Å². The molecule has 3 aromatic rings. The zero-order valence-electron chi connectivity index (χ0n) is 17.2. The van der Waals surface area contributed by atoms with E-state index in [1.807, 2.05) is 28.8 Å². The van der Waals surface area contributed by atoms with Gasteiger partial charge in [0.05, 0.1) is 35.9 Å². The molecule has 2 aromatic carbocycles. The zero-order valence-corrected chi connectivity index (χ0v) is 17.2. The number of benzene rings is 2. The van der Waals surface area contributed by atoms with Crippen molar-refractivity contribution in [2.75, 3.05) is 0 Å². The van der Waals surface area contributed by atoms with Crippen LogP contribution in [0.1, 0.15) is 54.1 Å². The van der Waals surface area contributed by atoms with Crippen LogP contribution >= 0.6 is 0 Å². The molecule has 0 bridgehead atoms. The number of aliphatic hydroxyl groups is 1. The number of imidazole rings is 1. The lowest BCUT2D eigenvalue weighted by Crippen LogP contribution is -2.31. The van der Waals surface area contributed by atoms with E-state index in [1.165, 1.54) is 6.07 Å². The summed E-state index contributed by atoms with van der Waals surface area (Å²) in [7, 11) is 0. The van der Waals surface area contributed by atoms with Crippen molar-refractivity contribution in [2.24, 2.45) is 5.92 Å². The first-order chi connectivity index (χ1) is 15.1. The minimum Gasteiger partial charge on any atom is -0.459 e. The van der Waals surface area contributed by atoms with Crippen molar-refractivity contribution >= 4 is 5.97 Å². The molecule has 0 radical (unpaired) electrons. The van der Waals surface area contributed by atoms with Crippen molar-refractivity contribution in [2.45, 2.75) is 50.4 Å². The van der Waals surface area contributed by atoms with E-state index >= 15 is 0 Å². The number of carbonyl (C=O) groups excluding carboxylic acids is 1. The number of rotatable bonds is 5. The van der Waals surface area contributed by atoms with Gasteiger partial charge in [-0.2, -0.15) is 0 Å². The Labute approximate surface area is 180 Å². The van der Waals surface area contributed by atoms with Gasteiger partial charge in [0.2, 0.25) is 0 Å². The summed E-state index contributed by atoms with van der Waals surface area (Å²) >= 11 is 0. The summed E-state index contributed by atoms with van der Waals surface area (Å²) in [5.41, 5.74) is 2.95. The van der Waals surface area contributed by atoms with Gasteiger partial charge in [-0.15, -0.1) is 0 Å². The maximum absolute atomic E-state index is 14.6. The molecule has 1 fully saturated rings. The van der Waals surface area contributed by atoms with Crippen LogP contribution in [0.15, 0.2) is 61.1 Å². The maximum Gasteiger partial charge on any atom is 0.338 e. The summed E-state index contributed by atoms with van der Waals surface area (Å²) in [6.45, 7) is 0. The van der Waals surface area contributed by atoms with E-state index in [-0.39, 0.29) is 29.9 Å². The molecule has 1 aliphatic heterocycles. The second-order valence-corrected chi connectivity index (χ2v) is 8.51. The molecule has 1 aromatic heterocycles. The van der Waals surface area contributed by atoms with Gasteiger partial charge in [-0.05, 0) is 56.2 Å². The molecule has 6 heteroatoms. The van der Waals surface area contributed by atoms with Crippen LogP contribution < -0.4 is 0 Å². The number of esters is 1. The molecule has 1 N–H and O–H groups in total. The maximum atomic E-state index is 14.6. The first-order valence-electron chi connectivity index (χ1n) is 10.9. The Kier molecular flexibility index (Phi) is 5.32. The first-order valence-corrected chi connectivity index (χ1v) is 10.9. The minimum absolute atomic E-state index is 0.106. The lowest BCUT2D eigenvalue weighted by atomic mass is 9.81. The molecule has 1 saturated carbocycles. The fraction of sp³-hybridized carbons (Fsp3) is 0.360. The summed E-state index contributed by atoms with van der Waals surface area (Å²) in [5, 5.41) is 11.0. The molecule has 5 nitrogen and oxygen atoms in total. The van der Waals surface area contributed by atoms with Crippen molar-refractivity contribution < 1.29 is 19.0 Å². The van der Waals surface area contributed by atoms with Crippen molar-refractivity contribution in [1.82, 2.24) is 9.55 Å². The van der Waals surface area contributed by atoms with Gasteiger partial charge in [-0.3, -0.25) is 0 Å². The summed E-state index contributed by atoms with van der Waals surface area (Å²) in [6, 6.07) is 13.8. The minimum atomic E-state index is -0.559. The number of carbonyl (C=O) groups is 1. The lowest BCUT2D eigenvalue weighted by Gasteiger charge is -2.32. The molecule has 2 atom stereocenters. The van der Waals surface area contributed by atoms with Crippen LogP contribution in [0.3, 0.4) is 0 Å². The van der Waals surface area contributed by atoms with E-state index in [1.54, 1.807) is 30.7 Å². The average molecular weight is 420 g/mol. The zero-order chi connectivity index (χ0) is 21.4. The molecule has 1 aliphatic carbocycles. The number of aromatic nitrogens is 2. The van der Waals surface area contributed by atoms with E-state index in [0.717, 1.165) is 36.9 Å². The van der Waals surface area contributed by atoms with Crippen LogP contribution in [0.2, 0.25) is 0 Å². The molecule has 160 valence electrons. The van der Waals surface area contributed by atoms with Crippen LogP contribution in [0.25, 0.3) is 11.3 Å². The Bertz CT molecular complexity index is 1070. The van der Waals surface area contributed by atoms with Gasteiger partial charge in [-0.25, -0.2) is 14.2 Å². The number of halogens is 1. The van der Waals surface area contributed by atoms with Crippen molar-refractivity contribution in [3.8, 4) is 11.3 Å². The normalized spacial score (nSPS) is 23.1. The number of aliphatic hydroxyl groups excluding tert-OH is 1. The van der Waals surface area contributed by atoms with Gasteiger partial charge in [0, 0.05) is 11.1 Å². The second kappa shape index (κ2) is 8.27. The largest absolute Gasteiger partial charge is 0.459 e. The highest BCUT2D eigenvalue weighted by atomic mass is 19.1. The van der Waals surface area contributed by atoms with Crippen molar-refractivity contribution in [1.29, 1.82) is 0 Å². The van der Waals surface area contributed by atoms with E-state index in [9.17, 15) is 14.3 Å². The molecule has 0 amide bonds. The summed E-state index contributed by atoms with van der Waals surface area (Å²) in [6.07, 6.45) is 6.23. The van der Waals surface area contributed by atoms with Crippen molar-refractivity contribution in [3.63, 3.8) is 0 Å². The number of hydrogen-bond donors (Lipinski definition) is 1. The Hall–Kier alpha value is -2.99. The average Bonchev–Trinajstić information content (AvgIpc) is 3.38. The topological polar surface area (TPSA) is 64.3 Å². The lowest BCUT2D eigenvalue weighted by molar-refractivity contribution is 0.000754. The van der Waals surface area contributed by atoms with Crippen molar-refractivity contribution in [3.05, 3.63) is 78.0 Å². The smallest absolute Gasteiger partial charge is 0.338 e. The SMILES string of the molecule is O=C(OC1CCC(C(O)C[C@H]2c3c(F)cccc3-c3cncn32)CC1)c1ccccc1. The summed E-state index contributed by atoms with van der Waals surface area (Å²) in [5.74, 6) is -0.431. The van der Waals surface area contributed by atoms with Crippen LogP contribution in [-0.4, -0.2) is 32.8 Å².